The molecular formula is C18H20ClN5S2. The van der Waals surface area contributed by atoms with Gasteiger partial charge in [0.25, 0.3) is 0 Å². The molecule has 0 atom stereocenters. The largest absolute Gasteiger partial charge is 0.345 e. The Morgan fingerprint density at radius 2 is 1.92 bits per heavy atom. The van der Waals surface area contributed by atoms with Gasteiger partial charge >= 0.3 is 0 Å². The maximum atomic E-state index is 5.95. The smallest absolute Gasteiger partial charge is 0.208 e. The average Bonchev–Trinajstić information content (AvgIpc) is 3.26. The van der Waals surface area contributed by atoms with Gasteiger partial charge in [-0.05, 0) is 24.1 Å². The number of hydrogen-bond acceptors (Lipinski definition) is 7. The quantitative estimate of drug-likeness (QED) is 0.643. The second-order valence-corrected chi connectivity index (χ2v) is 8.57. The lowest BCUT2D eigenvalue weighted by molar-refractivity contribution is 0.282. The third-order valence-electron chi connectivity index (χ3n) is 4.45. The molecule has 3 aromatic rings. The number of hydrogen-bond donors (Lipinski definition) is 0. The van der Waals surface area contributed by atoms with Crippen LogP contribution in [0.1, 0.15) is 22.7 Å². The lowest BCUT2D eigenvalue weighted by atomic mass is 10.2. The Kier molecular flexibility index (Phi) is 5.79. The number of nitrogens with zero attached hydrogens (tertiary/aromatic N) is 5. The van der Waals surface area contributed by atoms with E-state index >= 15 is 0 Å². The molecule has 1 fully saturated rings. The van der Waals surface area contributed by atoms with E-state index < -0.39 is 0 Å². The molecule has 0 saturated carbocycles. The van der Waals surface area contributed by atoms with Crippen molar-refractivity contribution >= 4 is 39.4 Å². The van der Waals surface area contributed by atoms with E-state index in [2.05, 4.69) is 30.4 Å². The number of thiazole rings is 1. The van der Waals surface area contributed by atoms with Gasteiger partial charge in [-0.3, -0.25) is 4.90 Å². The summed E-state index contributed by atoms with van der Waals surface area (Å²) in [7, 11) is 0. The van der Waals surface area contributed by atoms with E-state index in [-0.39, 0.29) is 0 Å². The Balaban J connectivity index is 1.35. The molecular weight excluding hydrogens is 386 g/mol. The van der Waals surface area contributed by atoms with Crippen LogP contribution in [-0.4, -0.2) is 46.3 Å². The molecule has 1 saturated heterocycles. The van der Waals surface area contributed by atoms with Crippen molar-refractivity contribution in [1.82, 2.24) is 20.1 Å². The van der Waals surface area contributed by atoms with Crippen LogP contribution in [0.5, 0.6) is 0 Å². The second kappa shape index (κ2) is 8.43. The summed E-state index contributed by atoms with van der Waals surface area (Å²) < 4.78 is 0. The highest BCUT2D eigenvalue weighted by Gasteiger charge is 2.19. The Hall–Kier alpha value is -1.54. The third kappa shape index (κ3) is 4.59. The van der Waals surface area contributed by atoms with E-state index in [1.54, 1.807) is 22.7 Å². The van der Waals surface area contributed by atoms with Crippen molar-refractivity contribution < 1.29 is 0 Å². The average molecular weight is 406 g/mol. The van der Waals surface area contributed by atoms with Crippen LogP contribution >= 0.6 is 34.3 Å². The van der Waals surface area contributed by atoms with Crippen LogP contribution < -0.4 is 4.90 Å². The maximum absolute atomic E-state index is 5.95. The van der Waals surface area contributed by atoms with Crippen LogP contribution in [0.2, 0.25) is 5.02 Å². The summed E-state index contributed by atoms with van der Waals surface area (Å²) in [6, 6.07) is 7.94. The fourth-order valence-electron chi connectivity index (χ4n) is 3.09. The first kappa shape index (κ1) is 17.9. The third-order valence-corrected chi connectivity index (χ3v) is 6.32. The number of anilines is 1. The van der Waals surface area contributed by atoms with Crippen molar-refractivity contribution in [3.05, 3.63) is 56.4 Å². The van der Waals surface area contributed by atoms with Gasteiger partial charge in [-0.1, -0.05) is 35.1 Å². The number of benzene rings is 1. The van der Waals surface area contributed by atoms with Crippen molar-refractivity contribution in [2.75, 3.05) is 31.1 Å². The van der Waals surface area contributed by atoms with Gasteiger partial charge in [-0.2, -0.15) is 0 Å². The minimum atomic E-state index is 0.762. The number of aromatic nitrogens is 3. The molecule has 0 unspecified atom stereocenters. The lowest BCUT2D eigenvalue weighted by Crippen LogP contribution is -2.30. The van der Waals surface area contributed by atoms with Crippen LogP contribution in [-0.2, 0) is 13.0 Å². The molecule has 1 aliphatic rings. The van der Waals surface area contributed by atoms with Gasteiger partial charge in [0.05, 0.1) is 11.2 Å². The minimum absolute atomic E-state index is 0.762. The summed E-state index contributed by atoms with van der Waals surface area (Å²) in [4.78, 5) is 9.24. The van der Waals surface area contributed by atoms with E-state index in [0.29, 0.717) is 0 Å². The van der Waals surface area contributed by atoms with E-state index in [1.807, 2.05) is 29.8 Å². The monoisotopic (exact) mass is 405 g/mol. The minimum Gasteiger partial charge on any atom is -0.345 e. The Labute approximate surface area is 166 Å². The summed E-state index contributed by atoms with van der Waals surface area (Å²) in [5.41, 5.74) is 4.29. The standard InChI is InChI=1S/C18H20ClN5S2/c19-15-4-2-14(3-5-15)10-17-21-22-18(26-17)24-7-1-6-23(8-9-24)11-16-12-25-13-20-16/h2-5,12-13H,1,6-11H2. The van der Waals surface area contributed by atoms with Crippen molar-refractivity contribution in [2.24, 2.45) is 0 Å². The fraction of sp³-hybridized carbons (Fsp3) is 0.389. The van der Waals surface area contributed by atoms with Gasteiger partial charge in [0.15, 0.2) is 0 Å². The van der Waals surface area contributed by atoms with E-state index in [1.165, 1.54) is 11.3 Å². The van der Waals surface area contributed by atoms with Crippen molar-refractivity contribution in [3.63, 3.8) is 0 Å². The topological polar surface area (TPSA) is 45.2 Å². The Morgan fingerprint density at radius 3 is 2.73 bits per heavy atom. The Bertz CT molecular complexity index is 818. The molecule has 8 heteroatoms. The molecule has 0 amide bonds. The van der Waals surface area contributed by atoms with Crippen LogP contribution in [0.15, 0.2) is 35.2 Å². The Morgan fingerprint density at radius 1 is 1.04 bits per heavy atom. The van der Waals surface area contributed by atoms with Gasteiger partial charge in [-0.25, -0.2) is 4.98 Å². The van der Waals surface area contributed by atoms with Gasteiger partial charge in [0.2, 0.25) is 5.13 Å². The molecule has 4 rings (SSSR count). The van der Waals surface area contributed by atoms with Gasteiger partial charge in [0, 0.05) is 49.5 Å². The highest BCUT2D eigenvalue weighted by Crippen LogP contribution is 2.24. The van der Waals surface area contributed by atoms with Crippen LogP contribution in [0.4, 0.5) is 5.13 Å². The first-order valence-corrected chi connectivity index (χ1v) is 10.8. The molecule has 5 nitrogen and oxygen atoms in total. The number of rotatable bonds is 5. The molecule has 2 aromatic heterocycles. The van der Waals surface area contributed by atoms with Crippen molar-refractivity contribution in [3.8, 4) is 0 Å². The molecule has 1 aliphatic heterocycles. The predicted octanol–water partition coefficient (Wildman–Crippen LogP) is 3.95. The number of halogens is 1. The van der Waals surface area contributed by atoms with Gasteiger partial charge in [-0.15, -0.1) is 21.5 Å². The van der Waals surface area contributed by atoms with E-state index in [4.69, 9.17) is 11.6 Å². The molecule has 3 heterocycles. The molecule has 0 spiro atoms. The van der Waals surface area contributed by atoms with Crippen LogP contribution in [0.3, 0.4) is 0 Å². The first-order valence-electron chi connectivity index (χ1n) is 8.67. The second-order valence-electron chi connectivity index (χ2n) is 6.38. The molecule has 0 aliphatic carbocycles. The van der Waals surface area contributed by atoms with E-state index in [9.17, 15) is 0 Å². The highest BCUT2D eigenvalue weighted by molar-refractivity contribution is 7.15. The molecule has 0 radical (unpaired) electrons. The summed E-state index contributed by atoms with van der Waals surface area (Å²) >= 11 is 9.31. The first-order chi connectivity index (χ1) is 12.8. The summed E-state index contributed by atoms with van der Waals surface area (Å²) in [6.07, 6.45) is 1.94. The molecule has 1 aromatic carbocycles. The van der Waals surface area contributed by atoms with Crippen molar-refractivity contribution in [1.29, 1.82) is 0 Å². The normalized spacial score (nSPS) is 16.0. The molecule has 0 bridgehead atoms. The van der Waals surface area contributed by atoms with Gasteiger partial charge < -0.3 is 4.90 Å². The predicted molar refractivity (Wildman–Crippen MR) is 108 cm³/mol. The van der Waals surface area contributed by atoms with E-state index in [0.717, 1.165) is 60.7 Å². The lowest BCUT2D eigenvalue weighted by Gasteiger charge is -2.20. The summed E-state index contributed by atoms with van der Waals surface area (Å²) in [5, 5.41) is 13.8. The SMILES string of the molecule is Clc1ccc(Cc2nnc(N3CCCN(Cc4cscn4)CC3)s2)cc1. The highest BCUT2D eigenvalue weighted by atomic mass is 35.5. The zero-order valence-electron chi connectivity index (χ0n) is 14.3. The molecule has 26 heavy (non-hydrogen) atoms. The molecule has 136 valence electrons. The van der Waals surface area contributed by atoms with Crippen LogP contribution in [0, 0.1) is 0 Å². The van der Waals surface area contributed by atoms with Gasteiger partial charge in [0.1, 0.15) is 5.01 Å². The summed E-state index contributed by atoms with van der Waals surface area (Å²) in [5.74, 6) is 0. The summed E-state index contributed by atoms with van der Waals surface area (Å²) in [6.45, 7) is 5.09. The van der Waals surface area contributed by atoms with Crippen LogP contribution in [0.25, 0.3) is 0 Å². The molecule has 0 N–H and O–H groups in total. The zero-order valence-corrected chi connectivity index (χ0v) is 16.7. The van der Waals surface area contributed by atoms with Crippen molar-refractivity contribution in [2.45, 2.75) is 19.4 Å². The maximum Gasteiger partial charge on any atom is 0.208 e. The zero-order chi connectivity index (χ0) is 17.8. The fourth-order valence-corrected chi connectivity index (χ4v) is 4.69.